The lowest BCUT2D eigenvalue weighted by Gasteiger charge is -2.28. The summed E-state index contributed by atoms with van der Waals surface area (Å²) in [5, 5.41) is 0. The summed E-state index contributed by atoms with van der Waals surface area (Å²) in [6, 6.07) is 5.87. The van der Waals surface area contributed by atoms with Gasteiger partial charge in [0.1, 0.15) is 5.82 Å². The van der Waals surface area contributed by atoms with E-state index in [1.165, 1.54) is 0 Å². The number of nitrogens with one attached hydrogen (secondary N) is 1. The average molecular weight is 343 g/mol. The first-order chi connectivity index (χ1) is 12.0. The van der Waals surface area contributed by atoms with E-state index >= 15 is 0 Å². The quantitative estimate of drug-likeness (QED) is 0.903. The number of aromatic nitrogens is 2. The predicted molar refractivity (Wildman–Crippen MR) is 96.3 cm³/mol. The molecule has 3 rings (SSSR count). The van der Waals surface area contributed by atoms with Gasteiger partial charge in [-0.3, -0.25) is 9.69 Å². The lowest BCUT2D eigenvalue weighted by Crippen LogP contribution is -2.36. The highest BCUT2D eigenvalue weighted by molar-refractivity contribution is 5.46. The van der Waals surface area contributed by atoms with Gasteiger partial charge in [-0.05, 0) is 6.07 Å². The summed E-state index contributed by atoms with van der Waals surface area (Å²) in [6.07, 6.45) is 0.783. The Morgan fingerprint density at radius 2 is 2.08 bits per heavy atom. The highest BCUT2D eigenvalue weighted by Crippen LogP contribution is 2.32. The molecule has 0 amide bonds. The molecule has 25 heavy (non-hydrogen) atoms. The van der Waals surface area contributed by atoms with E-state index in [2.05, 4.69) is 14.9 Å². The second-order valence-electron chi connectivity index (χ2n) is 6.64. The van der Waals surface area contributed by atoms with Crippen molar-refractivity contribution in [1.82, 2.24) is 14.9 Å². The van der Waals surface area contributed by atoms with Gasteiger partial charge in [-0.25, -0.2) is 4.98 Å². The van der Waals surface area contributed by atoms with Gasteiger partial charge in [0.15, 0.2) is 11.5 Å². The van der Waals surface area contributed by atoms with Gasteiger partial charge in [0.25, 0.3) is 5.56 Å². The molecule has 0 bridgehead atoms. The van der Waals surface area contributed by atoms with Crippen LogP contribution in [0.4, 0.5) is 0 Å². The molecule has 134 valence electrons. The monoisotopic (exact) mass is 343 g/mol. The van der Waals surface area contributed by atoms with Gasteiger partial charge in [-0.2, -0.15) is 0 Å². The largest absolute Gasteiger partial charge is 0.493 e. The molecule has 1 aliphatic rings. The maximum absolute atomic E-state index is 12.4. The fraction of sp³-hybridized carbons (Fsp3) is 0.474. The Bertz CT molecular complexity index is 814. The molecule has 1 aromatic heterocycles. The molecule has 1 aromatic carbocycles. The SMILES string of the molecule is COc1cccc(CN2CCc3nc(C(C)C)[nH]c(=O)c3C2)c1OC. The van der Waals surface area contributed by atoms with Gasteiger partial charge in [-0.15, -0.1) is 0 Å². The number of H-pyrrole nitrogens is 1. The number of nitrogens with zero attached hydrogens (tertiary/aromatic N) is 2. The van der Waals surface area contributed by atoms with Gasteiger partial charge in [-0.1, -0.05) is 26.0 Å². The smallest absolute Gasteiger partial charge is 0.255 e. The second kappa shape index (κ2) is 7.27. The van der Waals surface area contributed by atoms with Gasteiger partial charge in [0.2, 0.25) is 0 Å². The summed E-state index contributed by atoms with van der Waals surface area (Å²) in [5.41, 5.74) is 2.74. The first-order valence-corrected chi connectivity index (χ1v) is 8.57. The fourth-order valence-corrected chi connectivity index (χ4v) is 3.23. The van der Waals surface area contributed by atoms with Crippen molar-refractivity contribution in [2.45, 2.75) is 39.3 Å². The summed E-state index contributed by atoms with van der Waals surface area (Å²) >= 11 is 0. The highest BCUT2D eigenvalue weighted by Gasteiger charge is 2.23. The van der Waals surface area contributed by atoms with Gasteiger partial charge >= 0.3 is 0 Å². The molecule has 0 saturated carbocycles. The number of ether oxygens (including phenoxy) is 2. The van der Waals surface area contributed by atoms with Crippen LogP contribution < -0.4 is 15.0 Å². The van der Waals surface area contributed by atoms with Crippen molar-refractivity contribution in [1.29, 1.82) is 0 Å². The van der Waals surface area contributed by atoms with Crippen molar-refractivity contribution in [2.75, 3.05) is 20.8 Å². The number of hydrogen-bond donors (Lipinski definition) is 1. The van der Waals surface area contributed by atoms with E-state index < -0.39 is 0 Å². The Hall–Kier alpha value is -2.34. The second-order valence-corrected chi connectivity index (χ2v) is 6.64. The molecule has 0 saturated heterocycles. The first kappa shape index (κ1) is 17.5. The van der Waals surface area contributed by atoms with Crippen LogP contribution in [0.1, 0.15) is 42.4 Å². The Balaban J connectivity index is 1.84. The van der Waals surface area contributed by atoms with E-state index in [1.54, 1.807) is 14.2 Å². The molecule has 2 aromatic rings. The van der Waals surface area contributed by atoms with Gasteiger partial charge in [0, 0.05) is 37.5 Å². The topological polar surface area (TPSA) is 67.5 Å². The number of rotatable bonds is 5. The molecular weight excluding hydrogens is 318 g/mol. The zero-order valence-electron chi connectivity index (χ0n) is 15.3. The van der Waals surface area contributed by atoms with Crippen LogP contribution in [0.2, 0.25) is 0 Å². The molecule has 0 fully saturated rings. The lowest BCUT2D eigenvalue weighted by molar-refractivity contribution is 0.236. The van der Waals surface area contributed by atoms with Crippen molar-refractivity contribution < 1.29 is 9.47 Å². The van der Waals surface area contributed by atoms with Crippen molar-refractivity contribution in [3.63, 3.8) is 0 Å². The van der Waals surface area contributed by atoms with Crippen LogP contribution in [-0.2, 0) is 19.5 Å². The van der Waals surface area contributed by atoms with E-state index in [1.807, 2.05) is 32.0 Å². The molecule has 1 N–H and O–H groups in total. The summed E-state index contributed by atoms with van der Waals surface area (Å²) in [4.78, 5) is 22.3. The highest BCUT2D eigenvalue weighted by atomic mass is 16.5. The average Bonchev–Trinajstić information content (AvgIpc) is 2.61. The van der Waals surface area contributed by atoms with Crippen LogP contribution in [0.25, 0.3) is 0 Å². The van der Waals surface area contributed by atoms with Crippen LogP contribution in [-0.4, -0.2) is 35.6 Å². The Labute approximate surface area is 147 Å². The summed E-state index contributed by atoms with van der Waals surface area (Å²) in [5.74, 6) is 2.46. The maximum atomic E-state index is 12.4. The van der Waals surface area contributed by atoms with Gasteiger partial charge < -0.3 is 14.5 Å². The molecule has 6 heteroatoms. The molecule has 0 radical (unpaired) electrons. The van der Waals surface area contributed by atoms with E-state index in [9.17, 15) is 4.79 Å². The van der Waals surface area contributed by atoms with E-state index in [0.717, 1.165) is 47.1 Å². The normalized spacial score (nSPS) is 14.4. The molecule has 6 nitrogen and oxygen atoms in total. The van der Waals surface area contributed by atoms with Crippen molar-refractivity contribution in [3.8, 4) is 11.5 Å². The number of hydrogen-bond acceptors (Lipinski definition) is 5. The standard InChI is InChI=1S/C19H25N3O3/c1-12(2)18-20-15-8-9-22(11-14(15)19(23)21-18)10-13-6-5-7-16(24-3)17(13)25-4/h5-7,12H,8-11H2,1-4H3,(H,20,21,23). The van der Waals surface area contributed by atoms with E-state index in [-0.39, 0.29) is 11.5 Å². The third-order valence-electron chi connectivity index (χ3n) is 4.59. The molecule has 2 heterocycles. The van der Waals surface area contributed by atoms with Crippen molar-refractivity contribution in [3.05, 3.63) is 51.2 Å². The van der Waals surface area contributed by atoms with Crippen LogP contribution in [0.5, 0.6) is 11.5 Å². The number of fused-ring (bicyclic) bond motifs is 1. The minimum Gasteiger partial charge on any atom is -0.493 e. The minimum atomic E-state index is -0.0176. The van der Waals surface area contributed by atoms with E-state index in [4.69, 9.17) is 9.47 Å². The van der Waals surface area contributed by atoms with Crippen LogP contribution in [0.15, 0.2) is 23.0 Å². The zero-order valence-corrected chi connectivity index (χ0v) is 15.3. The Morgan fingerprint density at radius 3 is 2.76 bits per heavy atom. The van der Waals surface area contributed by atoms with Gasteiger partial charge in [0.05, 0.1) is 25.5 Å². The third-order valence-corrected chi connectivity index (χ3v) is 4.59. The minimum absolute atomic E-state index is 0.0176. The number of benzene rings is 1. The summed E-state index contributed by atoms with van der Waals surface area (Å²) < 4.78 is 10.9. The molecule has 0 atom stereocenters. The zero-order chi connectivity index (χ0) is 18.0. The number of methoxy groups -OCH3 is 2. The predicted octanol–water partition coefficient (Wildman–Crippen LogP) is 2.47. The molecule has 1 aliphatic heterocycles. The summed E-state index contributed by atoms with van der Waals surface area (Å²) in [7, 11) is 3.28. The fourth-order valence-electron chi connectivity index (χ4n) is 3.23. The third kappa shape index (κ3) is 3.54. The van der Waals surface area contributed by atoms with Crippen LogP contribution >= 0.6 is 0 Å². The molecule has 0 unspecified atom stereocenters. The first-order valence-electron chi connectivity index (χ1n) is 8.57. The van der Waals surface area contributed by atoms with Crippen LogP contribution in [0, 0.1) is 0 Å². The van der Waals surface area contributed by atoms with Crippen molar-refractivity contribution >= 4 is 0 Å². The molecule has 0 spiro atoms. The number of aromatic amines is 1. The summed E-state index contributed by atoms with van der Waals surface area (Å²) in [6.45, 7) is 6.23. The lowest BCUT2D eigenvalue weighted by atomic mass is 10.0. The maximum Gasteiger partial charge on any atom is 0.255 e. The molecular formula is C19H25N3O3. The van der Waals surface area contributed by atoms with E-state index in [0.29, 0.717) is 13.1 Å². The number of para-hydroxylation sites is 1. The Morgan fingerprint density at radius 1 is 1.28 bits per heavy atom. The van der Waals surface area contributed by atoms with Crippen LogP contribution in [0.3, 0.4) is 0 Å². The molecule has 0 aliphatic carbocycles. The van der Waals surface area contributed by atoms with Crippen molar-refractivity contribution in [2.24, 2.45) is 0 Å². The Kier molecular flexibility index (Phi) is 5.08.